The Bertz CT molecular complexity index is 884. The van der Waals surface area contributed by atoms with Crippen LogP contribution >= 0.6 is 0 Å². The number of nitrogens with two attached hydrogens (primary N) is 1. The Morgan fingerprint density at radius 1 is 1.25 bits per heavy atom. The lowest BCUT2D eigenvalue weighted by Crippen LogP contribution is -2.47. The van der Waals surface area contributed by atoms with Gasteiger partial charge in [-0.1, -0.05) is 25.1 Å². The number of primary amides is 1. The number of fused-ring (bicyclic) bond motifs is 1. The van der Waals surface area contributed by atoms with E-state index in [0.717, 1.165) is 17.7 Å². The smallest absolute Gasteiger partial charge is 0.258 e. The summed E-state index contributed by atoms with van der Waals surface area (Å²) in [6.45, 7) is 3.85. The number of ether oxygens (including phenoxy) is 2. The number of rotatable bonds is 7. The first kappa shape index (κ1) is 19.5. The highest BCUT2D eigenvalue weighted by atomic mass is 16.5. The van der Waals surface area contributed by atoms with Gasteiger partial charge >= 0.3 is 0 Å². The van der Waals surface area contributed by atoms with Gasteiger partial charge in [0, 0.05) is 11.7 Å². The van der Waals surface area contributed by atoms with Crippen LogP contribution in [-0.4, -0.2) is 36.5 Å². The van der Waals surface area contributed by atoms with Gasteiger partial charge in [0.1, 0.15) is 6.17 Å². The van der Waals surface area contributed by atoms with Gasteiger partial charge in [0.15, 0.2) is 18.1 Å². The van der Waals surface area contributed by atoms with Crippen molar-refractivity contribution in [2.24, 2.45) is 5.73 Å². The fourth-order valence-corrected chi connectivity index (χ4v) is 3.29. The minimum Gasteiger partial charge on any atom is -0.493 e. The SMILES string of the molecule is CC[C@@H](C)N1C(=O)c2ccccc2N[C@H]1c1ccc(OCC(N)=O)c(OC)c1. The van der Waals surface area contributed by atoms with Gasteiger partial charge in [0.2, 0.25) is 0 Å². The molecule has 3 rings (SSSR count). The second-order valence-corrected chi connectivity index (χ2v) is 6.73. The predicted molar refractivity (Wildman–Crippen MR) is 106 cm³/mol. The molecule has 0 spiro atoms. The van der Waals surface area contributed by atoms with Crippen LogP contribution in [0, 0.1) is 0 Å². The van der Waals surface area contributed by atoms with Crippen molar-refractivity contribution in [2.75, 3.05) is 19.0 Å². The summed E-state index contributed by atoms with van der Waals surface area (Å²) in [5.74, 6) is 0.311. The Balaban J connectivity index is 2.00. The number of anilines is 1. The molecule has 2 aromatic rings. The summed E-state index contributed by atoms with van der Waals surface area (Å²) in [6, 6.07) is 12.9. The summed E-state index contributed by atoms with van der Waals surface area (Å²) in [5.41, 5.74) is 7.46. The number of carbonyl (C=O) groups excluding carboxylic acids is 2. The lowest BCUT2D eigenvalue weighted by molar-refractivity contribution is -0.119. The molecule has 148 valence electrons. The number of nitrogens with one attached hydrogen (secondary N) is 1. The number of hydrogen-bond donors (Lipinski definition) is 2. The van der Waals surface area contributed by atoms with E-state index in [9.17, 15) is 9.59 Å². The summed E-state index contributed by atoms with van der Waals surface area (Å²) in [5, 5.41) is 3.46. The van der Waals surface area contributed by atoms with Gasteiger partial charge in [0.25, 0.3) is 11.8 Å². The quantitative estimate of drug-likeness (QED) is 0.767. The molecular formula is C21H25N3O4. The van der Waals surface area contributed by atoms with Crippen LogP contribution in [0.1, 0.15) is 42.4 Å². The van der Waals surface area contributed by atoms with Gasteiger partial charge in [-0.25, -0.2) is 0 Å². The van der Waals surface area contributed by atoms with Crippen molar-refractivity contribution in [2.45, 2.75) is 32.5 Å². The van der Waals surface area contributed by atoms with Gasteiger partial charge in [-0.3, -0.25) is 9.59 Å². The van der Waals surface area contributed by atoms with E-state index in [4.69, 9.17) is 15.2 Å². The van der Waals surface area contributed by atoms with E-state index < -0.39 is 5.91 Å². The molecule has 28 heavy (non-hydrogen) atoms. The van der Waals surface area contributed by atoms with Crippen LogP contribution in [0.3, 0.4) is 0 Å². The topological polar surface area (TPSA) is 93.9 Å². The van der Waals surface area contributed by atoms with Gasteiger partial charge in [-0.2, -0.15) is 0 Å². The van der Waals surface area contributed by atoms with Crippen LogP contribution < -0.4 is 20.5 Å². The average molecular weight is 383 g/mol. The van der Waals surface area contributed by atoms with Crippen molar-refractivity contribution in [1.29, 1.82) is 0 Å². The normalized spacial score (nSPS) is 16.8. The van der Waals surface area contributed by atoms with Crippen molar-refractivity contribution >= 4 is 17.5 Å². The number of para-hydroxylation sites is 1. The lowest BCUT2D eigenvalue weighted by atomic mass is 10.0. The van der Waals surface area contributed by atoms with Gasteiger partial charge in [-0.05, 0) is 43.2 Å². The molecular weight excluding hydrogens is 358 g/mol. The number of benzene rings is 2. The first-order valence-electron chi connectivity index (χ1n) is 9.23. The fourth-order valence-electron chi connectivity index (χ4n) is 3.29. The highest BCUT2D eigenvalue weighted by Gasteiger charge is 2.35. The molecule has 2 atom stereocenters. The third-order valence-electron chi connectivity index (χ3n) is 4.90. The first-order valence-corrected chi connectivity index (χ1v) is 9.23. The number of amides is 2. The van der Waals surface area contributed by atoms with Crippen molar-refractivity contribution in [3.8, 4) is 11.5 Å². The van der Waals surface area contributed by atoms with E-state index in [1.165, 1.54) is 7.11 Å². The summed E-state index contributed by atoms with van der Waals surface area (Å²) in [6.07, 6.45) is 0.472. The van der Waals surface area contributed by atoms with Gasteiger partial charge in [0.05, 0.1) is 12.7 Å². The molecule has 0 aliphatic carbocycles. The van der Waals surface area contributed by atoms with Crippen molar-refractivity contribution in [1.82, 2.24) is 4.90 Å². The van der Waals surface area contributed by atoms with Crippen LogP contribution in [0.25, 0.3) is 0 Å². The number of hydrogen-bond acceptors (Lipinski definition) is 5. The van der Waals surface area contributed by atoms with Crippen molar-refractivity contribution < 1.29 is 19.1 Å². The summed E-state index contributed by atoms with van der Waals surface area (Å²) < 4.78 is 10.8. The van der Waals surface area contributed by atoms with E-state index >= 15 is 0 Å². The van der Waals surface area contributed by atoms with Crippen molar-refractivity contribution in [3.05, 3.63) is 53.6 Å². The molecule has 1 aliphatic rings. The molecule has 0 saturated heterocycles. The molecule has 0 saturated carbocycles. The molecule has 0 aromatic heterocycles. The summed E-state index contributed by atoms with van der Waals surface area (Å²) >= 11 is 0. The summed E-state index contributed by atoms with van der Waals surface area (Å²) in [7, 11) is 1.53. The maximum absolute atomic E-state index is 13.2. The maximum Gasteiger partial charge on any atom is 0.258 e. The van der Waals surface area contributed by atoms with Crippen LogP contribution in [0.5, 0.6) is 11.5 Å². The number of methoxy groups -OCH3 is 1. The van der Waals surface area contributed by atoms with E-state index in [2.05, 4.69) is 12.2 Å². The Morgan fingerprint density at radius 3 is 2.68 bits per heavy atom. The van der Waals surface area contributed by atoms with Gasteiger partial charge in [-0.15, -0.1) is 0 Å². The zero-order valence-electron chi connectivity index (χ0n) is 16.3. The second kappa shape index (κ2) is 8.21. The van der Waals surface area contributed by atoms with Crippen LogP contribution in [0.2, 0.25) is 0 Å². The highest BCUT2D eigenvalue weighted by molar-refractivity contribution is 6.01. The monoisotopic (exact) mass is 383 g/mol. The zero-order valence-corrected chi connectivity index (χ0v) is 16.3. The third-order valence-corrected chi connectivity index (χ3v) is 4.90. The van der Waals surface area contributed by atoms with E-state index in [-0.39, 0.29) is 24.7 Å². The van der Waals surface area contributed by atoms with Crippen molar-refractivity contribution in [3.63, 3.8) is 0 Å². The Hall–Kier alpha value is -3.22. The third kappa shape index (κ3) is 3.74. The zero-order chi connectivity index (χ0) is 20.3. The Labute approximate surface area is 164 Å². The molecule has 0 bridgehead atoms. The minimum absolute atomic E-state index is 0.0123. The minimum atomic E-state index is -0.565. The summed E-state index contributed by atoms with van der Waals surface area (Å²) in [4.78, 5) is 26.0. The first-order chi connectivity index (χ1) is 13.5. The van der Waals surface area contributed by atoms with Crippen LogP contribution in [-0.2, 0) is 4.79 Å². The van der Waals surface area contributed by atoms with E-state index in [1.807, 2.05) is 48.2 Å². The number of carbonyl (C=O) groups is 2. The van der Waals surface area contributed by atoms with E-state index in [1.54, 1.807) is 6.07 Å². The van der Waals surface area contributed by atoms with Crippen LogP contribution in [0.15, 0.2) is 42.5 Å². The molecule has 0 fully saturated rings. The second-order valence-electron chi connectivity index (χ2n) is 6.73. The van der Waals surface area contributed by atoms with E-state index in [0.29, 0.717) is 17.1 Å². The fraction of sp³-hybridized carbons (Fsp3) is 0.333. The molecule has 2 amide bonds. The number of nitrogens with zero attached hydrogens (tertiary/aromatic N) is 1. The lowest BCUT2D eigenvalue weighted by Gasteiger charge is -2.41. The Morgan fingerprint density at radius 2 is 2.00 bits per heavy atom. The standard InChI is InChI=1S/C21H25N3O4/c1-4-13(2)24-20(23-16-8-6-5-7-15(16)21(24)26)14-9-10-17(18(11-14)27-3)28-12-19(22)25/h5-11,13,20,23H,4,12H2,1-3H3,(H2,22,25)/t13-,20-/m1/s1. The molecule has 3 N–H and O–H groups in total. The van der Waals surface area contributed by atoms with Crippen LogP contribution in [0.4, 0.5) is 5.69 Å². The molecule has 7 heteroatoms. The molecule has 7 nitrogen and oxygen atoms in total. The predicted octanol–water partition coefficient (Wildman–Crippen LogP) is 2.92. The highest BCUT2D eigenvalue weighted by Crippen LogP contribution is 2.38. The molecule has 0 radical (unpaired) electrons. The maximum atomic E-state index is 13.2. The largest absolute Gasteiger partial charge is 0.493 e. The molecule has 1 aliphatic heterocycles. The van der Waals surface area contributed by atoms with Gasteiger partial charge < -0.3 is 25.4 Å². The average Bonchev–Trinajstić information content (AvgIpc) is 2.71. The Kier molecular flexibility index (Phi) is 5.73. The molecule has 2 aromatic carbocycles. The molecule has 1 heterocycles. The molecule has 0 unspecified atom stereocenters.